The maximum atomic E-state index is 12.6. The molecule has 2 aliphatic carbocycles. The lowest BCUT2D eigenvalue weighted by atomic mass is 9.74. The first-order valence-corrected chi connectivity index (χ1v) is 9.70. The van der Waals surface area contributed by atoms with E-state index >= 15 is 0 Å². The van der Waals surface area contributed by atoms with Gasteiger partial charge in [-0.1, -0.05) is 13.0 Å². The molecule has 4 aliphatic rings. The third-order valence-electron chi connectivity index (χ3n) is 7.45. The Balaban J connectivity index is 1.76. The van der Waals surface area contributed by atoms with E-state index in [0.717, 1.165) is 0 Å². The normalized spacial score (nSPS) is 51.0. The van der Waals surface area contributed by atoms with Gasteiger partial charge in [-0.2, -0.15) is 0 Å². The number of hydrogen-bond acceptors (Lipinski definition) is 7. The monoisotopic (exact) mass is 380 g/mol. The average Bonchev–Trinajstić information content (AvgIpc) is 3.12. The molecule has 0 unspecified atom stereocenters. The minimum atomic E-state index is -1.43. The molecule has 0 aromatic heterocycles. The van der Waals surface area contributed by atoms with Crippen LogP contribution < -0.4 is 0 Å². The summed E-state index contributed by atoms with van der Waals surface area (Å²) in [6.45, 7) is 6.69. The van der Waals surface area contributed by atoms with E-state index in [0.29, 0.717) is 18.4 Å². The van der Waals surface area contributed by atoms with Crippen molar-refractivity contribution in [2.24, 2.45) is 17.8 Å². The fourth-order valence-electron chi connectivity index (χ4n) is 5.99. The average molecular weight is 380 g/mol. The smallest absolute Gasteiger partial charge is 0.341 e. The van der Waals surface area contributed by atoms with Gasteiger partial charge in [-0.05, 0) is 39.5 Å². The number of carbonyl (C=O) groups excluding carboxylic acids is 2. The Morgan fingerprint density at radius 2 is 2.11 bits per heavy atom. The molecule has 1 spiro atoms. The number of hydrogen-bond donors (Lipinski definition) is 2. The molecule has 2 aliphatic heterocycles. The summed E-state index contributed by atoms with van der Waals surface area (Å²) in [4.78, 5) is 25.0. The summed E-state index contributed by atoms with van der Waals surface area (Å²) >= 11 is 0. The molecular formula is C20H28O7. The van der Waals surface area contributed by atoms with Gasteiger partial charge in [-0.3, -0.25) is 0 Å². The third-order valence-corrected chi connectivity index (χ3v) is 7.45. The van der Waals surface area contributed by atoms with Crippen molar-refractivity contribution in [3.05, 3.63) is 11.6 Å². The highest BCUT2D eigenvalue weighted by atomic mass is 16.6. The van der Waals surface area contributed by atoms with Gasteiger partial charge < -0.3 is 24.4 Å². The summed E-state index contributed by atoms with van der Waals surface area (Å²) < 4.78 is 17.6. The molecule has 0 amide bonds. The van der Waals surface area contributed by atoms with Crippen LogP contribution in [0.25, 0.3) is 0 Å². The lowest BCUT2D eigenvalue weighted by molar-refractivity contribution is -0.219. The second-order valence-corrected chi connectivity index (χ2v) is 8.93. The van der Waals surface area contributed by atoms with Crippen LogP contribution in [0.2, 0.25) is 0 Å². The van der Waals surface area contributed by atoms with Crippen LogP contribution in [0.15, 0.2) is 11.6 Å². The SMILES string of the molecule is C/C=C(\C)C(=O)O[C@H]1C[C@@](C)(O)[C@@]23C[C@H]4[C@@H](C[C@@H](C)[C@H]12)OC(=O)[C@@]4(CO)O3. The van der Waals surface area contributed by atoms with Crippen molar-refractivity contribution in [1.82, 2.24) is 0 Å². The number of ether oxygens (including phenoxy) is 3. The predicted molar refractivity (Wildman–Crippen MR) is 93.4 cm³/mol. The van der Waals surface area contributed by atoms with Gasteiger partial charge in [0.2, 0.25) is 0 Å². The third kappa shape index (κ3) is 2.25. The molecule has 0 aromatic carbocycles. The lowest BCUT2D eigenvalue weighted by Crippen LogP contribution is -2.56. The molecule has 27 heavy (non-hydrogen) atoms. The van der Waals surface area contributed by atoms with Gasteiger partial charge >= 0.3 is 11.9 Å². The van der Waals surface area contributed by atoms with E-state index in [2.05, 4.69) is 0 Å². The van der Waals surface area contributed by atoms with Crippen molar-refractivity contribution < 1.29 is 34.0 Å². The van der Waals surface area contributed by atoms with Gasteiger partial charge in [-0.15, -0.1) is 0 Å². The van der Waals surface area contributed by atoms with Crippen molar-refractivity contribution in [3.63, 3.8) is 0 Å². The van der Waals surface area contributed by atoms with Gasteiger partial charge in [-0.25, -0.2) is 9.59 Å². The van der Waals surface area contributed by atoms with Crippen LogP contribution >= 0.6 is 0 Å². The Hall–Kier alpha value is -1.44. The zero-order valence-corrected chi connectivity index (χ0v) is 16.2. The minimum absolute atomic E-state index is 0.0141. The van der Waals surface area contributed by atoms with Crippen molar-refractivity contribution in [2.45, 2.75) is 76.0 Å². The Labute approximate surface area is 158 Å². The standard InChI is InChI=1S/C20H28O7/c1-5-10(2)16(22)25-14-8-18(4,24)20-7-12-13(6-11(3)15(14)20)26-17(23)19(12,9-21)27-20/h5,11-15,21,24H,6-9H2,1-4H3/b10-5+/t11-,12+,13-,14+,15-,18-,19+,20-/m1/s1. The van der Waals surface area contributed by atoms with Crippen molar-refractivity contribution in [3.8, 4) is 0 Å². The topological polar surface area (TPSA) is 102 Å². The molecule has 7 nitrogen and oxygen atoms in total. The highest BCUT2D eigenvalue weighted by Crippen LogP contribution is 2.65. The highest BCUT2D eigenvalue weighted by Gasteiger charge is 2.78. The van der Waals surface area contributed by atoms with Gasteiger partial charge in [0.15, 0.2) is 5.60 Å². The van der Waals surface area contributed by atoms with Crippen LogP contribution in [0.1, 0.15) is 47.0 Å². The van der Waals surface area contributed by atoms with Crippen LogP contribution in [-0.4, -0.2) is 57.8 Å². The molecule has 2 saturated heterocycles. The van der Waals surface area contributed by atoms with Crippen LogP contribution in [0.5, 0.6) is 0 Å². The second kappa shape index (κ2) is 5.78. The van der Waals surface area contributed by atoms with Crippen LogP contribution in [0, 0.1) is 17.8 Å². The Kier molecular flexibility index (Phi) is 4.05. The van der Waals surface area contributed by atoms with E-state index in [1.54, 1.807) is 26.8 Å². The molecule has 2 saturated carbocycles. The molecule has 2 heterocycles. The zero-order chi connectivity index (χ0) is 19.8. The maximum absolute atomic E-state index is 12.6. The summed E-state index contributed by atoms with van der Waals surface area (Å²) in [5.74, 6) is -1.53. The van der Waals surface area contributed by atoms with E-state index in [4.69, 9.17) is 14.2 Å². The van der Waals surface area contributed by atoms with E-state index in [-0.39, 0.29) is 30.3 Å². The van der Waals surface area contributed by atoms with Gasteiger partial charge in [0.1, 0.15) is 17.8 Å². The lowest BCUT2D eigenvalue weighted by Gasteiger charge is -2.43. The molecule has 0 aromatic rings. The van der Waals surface area contributed by atoms with E-state index < -0.39 is 41.5 Å². The number of allylic oxidation sites excluding steroid dienone is 1. The summed E-state index contributed by atoms with van der Waals surface area (Å²) in [6, 6.07) is 0. The summed E-state index contributed by atoms with van der Waals surface area (Å²) in [7, 11) is 0. The van der Waals surface area contributed by atoms with Crippen molar-refractivity contribution in [2.75, 3.05) is 6.61 Å². The molecular weight excluding hydrogens is 352 g/mol. The number of rotatable bonds is 3. The Morgan fingerprint density at radius 3 is 2.74 bits per heavy atom. The van der Waals surface area contributed by atoms with Crippen LogP contribution in [0.3, 0.4) is 0 Å². The second-order valence-electron chi connectivity index (χ2n) is 8.93. The maximum Gasteiger partial charge on any atom is 0.341 e. The first-order chi connectivity index (χ1) is 12.6. The number of aliphatic hydroxyl groups is 2. The van der Waals surface area contributed by atoms with Gasteiger partial charge in [0.25, 0.3) is 0 Å². The summed E-state index contributed by atoms with van der Waals surface area (Å²) in [6.07, 6.45) is 2.05. The number of esters is 2. The van der Waals surface area contributed by atoms with Crippen LogP contribution in [0.4, 0.5) is 0 Å². The predicted octanol–water partition coefficient (Wildman–Crippen LogP) is 1.11. The van der Waals surface area contributed by atoms with Crippen LogP contribution in [-0.2, 0) is 23.8 Å². The summed E-state index contributed by atoms with van der Waals surface area (Å²) in [5, 5.41) is 21.4. The molecule has 8 atom stereocenters. The Bertz CT molecular complexity index is 713. The quantitative estimate of drug-likeness (QED) is 0.558. The van der Waals surface area contributed by atoms with E-state index in [9.17, 15) is 19.8 Å². The zero-order valence-electron chi connectivity index (χ0n) is 16.2. The molecule has 0 radical (unpaired) electrons. The molecule has 4 rings (SSSR count). The first kappa shape index (κ1) is 18.9. The molecule has 2 bridgehead atoms. The molecule has 7 heteroatoms. The largest absolute Gasteiger partial charge is 0.460 e. The first-order valence-electron chi connectivity index (χ1n) is 9.70. The van der Waals surface area contributed by atoms with Crippen molar-refractivity contribution >= 4 is 11.9 Å². The van der Waals surface area contributed by atoms with Gasteiger partial charge in [0.05, 0.1) is 12.2 Å². The number of carbonyl (C=O) groups is 2. The molecule has 150 valence electrons. The van der Waals surface area contributed by atoms with E-state index in [1.807, 2.05) is 6.92 Å². The molecule has 4 fully saturated rings. The van der Waals surface area contributed by atoms with Gasteiger partial charge in [0, 0.05) is 23.8 Å². The fraction of sp³-hybridized carbons (Fsp3) is 0.800. The number of aliphatic hydroxyl groups excluding tert-OH is 1. The molecule has 2 N–H and O–H groups in total. The fourth-order valence-corrected chi connectivity index (χ4v) is 5.99. The highest BCUT2D eigenvalue weighted by molar-refractivity contribution is 5.87. The Morgan fingerprint density at radius 1 is 1.41 bits per heavy atom. The minimum Gasteiger partial charge on any atom is -0.460 e. The van der Waals surface area contributed by atoms with E-state index in [1.165, 1.54) is 0 Å². The summed E-state index contributed by atoms with van der Waals surface area (Å²) in [5.41, 5.74) is -3.26. The van der Waals surface area contributed by atoms with Crippen molar-refractivity contribution in [1.29, 1.82) is 0 Å².